The second kappa shape index (κ2) is 4.70. The van der Waals surface area contributed by atoms with E-state index < -0.39 is 0 Å². The maximum atomic E-state index is 5.60. The Morgan fingerprint density at radius 2 is 1.94 bits per heavy atom. The molecule has 0 unspecified atom stereocenters. The molecule has 0 saturated carbocycles. The molecule has 0 fully saturated rings. The Kier molecular flexibility index (Phi) is 3.29. The maximum absolute atomic E-state index is 5.60. The molecule has 1 aromatic heterocycles. The molecule has 0 aliphatic heterocycles. The van der Waals surface area contributed by atoms with Crippen LogP contribution < -0.4 is 5.73 Å². The summed E-state index contributed by atoms with van der Waals surface area (Å²) in [6.45, 7) is 2.00. The fourth-order valence-corrected chi connectivity index (χ4v) is 1.94. The highest BCUT2D eigenvalue weighted by atomic mass is 79.9. The molecule has 16 heavy (non-hydrogen) atoms. The minimum Gasteiger partial charge on any atom is -0.369 e. The van der Waals surface area contributed by atoms with Crippen molar-refractivity contribution in [1.82, 2.24) is 9.97 Å². The molecule has 1 aromatic carbocycles. The van der Waals surface area contributed by atoms with Gasteiger partial charge in [-0.15, -0.1) is 0 Å². The average molecular weight is 280 g/mol. The third-order valence-electron chi connectivity index (χ3n) is 2.57. The van der Waals surface area contributed by atoms with Gasteiger partial charge < -0.3 is 10.7 Å². The zero-order valence-corrected chi connectivity index (χ0v) is 10.7. The zero-order valence-electron chi connectivity index (χ0n) is 9.13. The van der Waals surface area contributed by atoms with Crippen molar-refractivity contribution in [1.29, 1.82) is 0 Å². The van der Waals surface area contributed by atoms with E-state index >= 15 is 0 Å². The van der Waals surface area contributed by atoms with Gasteiger partial charge in [-0.05, 0) is 37.5 Å². The number of anilines is 1. The van der Waals surface area contributed by atoms with E-state index in [1.54, 1.807) is 0 Å². The van der Waals surface area contributed by atoms with Gasteiger partial charge in [0.1, 0.15) is 0 Å². The molecule has 0 radical (unpaired) electrons. The number of nitrogen functional groups attached to an aromatic ring is 1. The summed E-state index contributed by atoms with van der Waals surface area (Å²) in [4.78, 5) is 7.27. The number of nitrogens with two attached hydrogens (primary N) is 1. The number of aromatic amines is 1. The van der Waals surface area contributed by atoms with Gasteiger partial charge in [0.05, 0.1) is 5.69 Å². The summed E-state index contributed by atoms with van der Waals surface area (Å²) in [6.07, 6.45) is 1.90. The number of imidazole rings is 1. The summed E-state index contributed by atoms with van der Waals surface area (Å²) in [5.41, 5.74) is 9.03. The molecule has 3 N–H and O–H groups in total. The third kappa shape index (κ3) is 2.64. The molecule has 0 atom stereocenters. The Bertz CT molecular complexity index is 474. The Labute approximate surface area is 103 Å². The molecule has 4 heteroatoms. The molecule has 1 heterocycles. The minimum absolute atomic E-state index is 0.503. The number of rotatable bonds is 3. The number of nitrogens with zero attached hydrogens (tertiary/aromatic N) is 1. The van der Waals surface area contributed by atoms with E-state index in [4.69, 9.17) is 5.73 Å². The van der Waals surface area contributed by atoms with Crippen molar-refractivity contribution in [2.45, 2.75) is 19.8 Å². The van der Waals surface area contributed by atoms with Crippen LogP contribution in [0, 0.1) is 6.92 Å². The number of hydrogen-bond acceptors (Lipinski definition) is 2. The van der Waals surface area contributed by atoms with E-state index in [1.807, 2.05) is 6.92 Å². The van der Waals surface area contributed by atoms with E-state index in [0.717, 1.165) is 28.7 Å². The molecule has 0 amide bonds. The van der Waals surface area contributed by atoms with Crippen molar-refractivity contribution in [2.75, 3.05) is 5.73 Å². The molecule has 2 aromatic rings. The number of benzene rings is 1. The number of H-pyrrole nitrogens is 1. The number of aromatic nitrogens is 2. The molecule has 3 nitrogen and oxygen atoms in total. The second-order valence-electron chi connectivity index (χ2n) is 3.82. The second-order valence-corrected chi connectivity index (χ2v) is 4.74. The van der Waals surface area contributed by atoms with E-state index in [2.05, 4.69) is 50.2 Å². The first-order chi connectivity index (χ1) is 7.65. The predicted molar refractivity (Wildman–Crippen MR) is 69.3 cm³/mol. The lowest BCUT2D eigenvalue weighted by Crippen LogP contribution is -1.94. The predicted octanol–water partition coefficient (Wildman–Crippen LogP) is 2.85. The van der Waals surface area contributed by atoms with Crippen LogP contribution >= 0.6 is 15.9 Å². The van der Waals surface area contributed by atoms with Crippen LogP contribution in [0.15, 0.2) is 28.7 Å². The Hall–Kier alpha value is -1.29. The van der Waals surface area contributed by atoms with Gasteiger partial charge in [-0.1, -0.05) is 28.1 Å². The quantitative estimate of drug-likeness (QED) is 0.908. The molecular formula is C12H14BrN3. The van der Waals surface area contributed by atoms with Gasteiger partial charge in [0.25, 0.3) is 0 Å². The fourth-order valence-electron chi connectivity index (χ4n) is 1.68. The van der Waals surface area contributed by atoms with Gasteiger partial charge in [-0.2, -0.15) is 0 Å². The zero-order chi connectivity index (χ0) is 11.5. The largest absolute Gasteiger partial charge is 0.369 e. The van der Waals surface area contributed by atoms with Crippen LogP contribution in [0.2, 0.25) is 0 Å². The highest BCUT2D eigenvalue weighted by Crippen LogP contribution is 2.14. The third-order valence-corrected chi connectivity index (χ3v) is 3.10. The highest BCUT2D eigenvalue weighted by molar-refractivity contribution is 9.10. The Morgan fingerprint density at radius 3 is 2.50 bits per heavy atom. The van der Waals surface area contributed by atoms with Crippen molar-refractivity contribution in [3.63, 3.8) is 0 Å². The van der Waals surface area contributed by atoms with Gasteiger partial charge in [-0.3, -0.25) is 0 Å². The van der Waals surface area contributed by atoms with Crippen molar-refractivity contribution in [2.24, 2.45) is 0 Å². The number of hydrogen-bond donors (Lipinski definition) is 2. The first-order valence-corrected chi connectivity index (χ1v) is 6.00. The van der Waals surface area contributed by atoms with E-state index in [0.29, 0.717) is 5.95 Å². The molecule has 2 rings (SSSR count). The lowest BCUT2D eigenvalue weighted by Gasteiger charge is -2.00. The topological polar surface area (TPSA) is 54.7 Å². The highest BCUT2D eigenvalue weighted by Gasteiger charge is 2.04. The van der Waals surface area contributed by atoms with E-state index in [9.17, 15) is 0 Å². The minimum atomic E-state index is 0.503. The van der Waals surface area contributed by atoms with Crippen LogP contribution in [0.3, 0.4) is 0 Å². The van der Waals surface area contributed by atoms with Gasteiger partial charge >= 0.3 is 0 Å². The number of aryl methyl sites for hydroxylation is 3. The van der Waals surface area contributed by atoms with Crippen LogP contribution in [0.5, 0.6) is 0 Å². The summed E-state index contributed by atoms with van der Waals surface area (Å²) >= 11 is 3.42. The van der Waals surface area contributed by atoms with Crippen LogP contribution in [0.1, 0.15) is 17.0 Å². The number of nitrogens with one attached hydrogen (secondary N) is 1. The van der Waals surface area contributed by atoms with Gasteiger partial charge in [-0.25, -0.2) is 4.98 Å². The lowest BCUT2D eigenvalue weighted by molar-refractivity contribution is 0.914. The van der Waals surface area contributed by atoms with E-state index in [1.165, 1.54) is 5.56 Å². The summed E-state index contributed by atoms with van der Waals surface area (Å²) in [6, 6.07) is 8.35. The smallest absolute Gasteiger partial charge is 0.197 e. The standard InChI is InChI=1S/C12H14BrN3/c1-8-11(16-12(14)15-8)7-4-9-2-5-10(13)6-3-9/h2-3,5-6H,4,7H2,1H3,(H3,14,15,16). The Morgan fingerprint density at radius 1 is 1.25 bits per heavy atom. The first-order valence-electron chi connectivity index (χ1n) is 5.20. The SMILES string of the molecule is Cc1[nH]c(N)nc1CCc1ccc(Br)cc1. The van der Waals surface area contributed by atoms with Gasteiger partial charge in [0.2, 0.25) is 0 Å². The number of halogens is 1. The molecular weight excluding hydrogens is 266 g/mol. The summed E-state index contributed by atoms with van der Waals surface area (Å²) < 4.78 is 1.11. The van der Waals surface area contributed by atoms with Gasteiger partial charge in [0, 0.05) is 10.2 Å². The normalized spacial score (nSPS) is 10.6. The first kappa shape index (κ1) is 11.2. The summed E-state index contributed by atoms with van der Waals surface area (Å²) in [5, 5.41) is 0. The average Bonchev–Trinajstić information content (AvgIpc) is 2.57. The van der Waals surface area contributed by atoms with Crippen LogP contribution in [0.25, 0.3) is 0 Å². The van der Waals surface area contributed by atoms with E-state index in [-0.39, 0.29) is 0 Å². The van der Waals surface area contributed by atoms with Crippen molar-refractivity contribution >= 4 is 21.9 Å². The van der Waals surface area contributed by atoms with Crippen LogP contribution in [-0.4, -0.2) is 9.97 Å². The van der Waals surface area contributed by atoms with Crippen molar-refractivity contribution < 1.29 is 0 Å². The molecule has 0 aliphatic rings. The summed E-state index contributed by atoms with van der Waals surface area (Å²) in [5.74, 6) is 0.503. The van der Waals surface area contributed by atoms with Crippen LogP contribution in [0.4, 0.5) is 5.95 Å². The molecule has 0 spiro atoms. The lowest BCUT2D eigenvalue weighted by atomic mass is 10.1. The van der Waals surface area contributed by atoms with Crippen molar-refractivity contribution in [3.05, 3.63) is 45.7 Å². The van der Waals surface area contributed by atoms with Crippen molar-refractivity contribution in [3.8, 4) is 0 Å². The molecule has 0 saturated heterocycles. The molecule has 84 valence electrons. The maximum Gasteiger partial charge on any atom is 0.197 e. The fraction of sp³-hybridized carbons (Fsp3) is 0.250. The molecule has 0 bridgehead atoms. The summed E-state index contributed by atoms with van der Waals surface area (Å²) in [7, 11) is 0. The Balaban J connectivity index is 2.02. The monoisotopic (exact) mass is 279 g/mol. The van der Waals surface area contributed by atoms with Gasteiger partial charge in [0.15, 0.2) is 5.95 Å². The molecule has 0 aliphatic carbocycles. The van der Waals surface area contributed by atoms with Crippen LogP contribution in [-0.2, 0) is 12.8 Å².